The Morgan fingerprint density at radius 1 is 1.29 bits per heavy atom. The number of aromatic nitrogens is 3. The summed E-state index contributed by atoms with van der Waals surface area (Å²) in [6, 6.07) is 1.86. The zero-order valence-electron chi connectivity index (χ0n) is 9.83. The Bertz CT molecular complexity index is 563. The second-order valence-electron chi connectivity index (χ2n) is 4.96. The van der Waals surface area contributed by atoms with Crippen molar-refractivity contribution in [2.75, 3.05) is 0 Å². The van der Waals surface area contributed by atoms with Gasteiger partial charge in [-0.2, -0.15) is 0 Å². The van der Waals surface area contributed by atoms with Gasteiger partial charge in [-0.3, -0.25) is 4.79 Å². The third kappa shape index (κ3) is 2.12. The molecular formula is C13H17N3O. The molecule has 1 saturated carbocycles. The number of H-pyrrole nitrogens is 2. The Labute approximate surface area is 99.5 Å². The van der Waals surface area contributed by atoms with Crippen LogP contribution >= 0.6 is 0 Å². The first kappa shape index (κ1) is 10.6. The number of nitrogens with zero attached hydrogens (tertiary/aromatic N) is 1. The van der Waals surface area contributed by atoms with Crippen LogP contribution in [0.2, 0.25) is 0 Å². The number of aromatic amines is 2. The van der Waals surface area contributed by atoms with Crippen molar-refractivity contribution in [2.24, 2.45) is 5.92 Å². The van der Waals surface area contributed by atoms with Crippen molar-refractivity contribution in [3.8, 4) is 0 Å². The smallest absolute Gasteiger partial charge is 0.275 e. The van der Waals surface area contributed by atoms with Gasteiger partial charge in [-0.25, -0.2) is 4.98 Å². The predicted molar refractivity (Wildman–Crippen MR) is 67.0 cm³/mol. The molecule has 17 heavy (non-hydrogen) atoms. The monoisotopic (exact) mass is 231 g/mol. The van der Waals surface area contributed by atoms with E-state index in [-0.39, 0.29) is 5.56 Å². The maximum Gasteiger partial charge on any atom is 0.275 e. The van der Waals surface area contributed by atoms with E-state index < -0.39 is 0 Å². The Morgan fingerprint density at radius 3 is 2.94 bits per heavy atom. The Hall–Kier alpha value is -1.58. The average molecular weight is 231 g/mol. The summed E-state index contributed by atoms with van der Waals surface area (Å²) < 4.78 is 0. The third-order valence-corrected chi connectivity index (χ3v) is 3.67. The van der Waals surface area contributed by atoms with Gasteiger partial charge in [0.15, 0.2) is 0 Å². The van der Waals surface area contributed by atoms with Crippen molar-refractivity contribution in [1.82, 2.24) is 15.0 Å². The van der Waals surface area contributed by atoms with Crippen molar-refractivity contribution in [1.29, 1.82) is 0 Å². The highest BCUT2D eigenvalue weighted by Crippen LogP contribution is 2.25. The van der Waals surface area contributed by atoms with Crippen LogP contribution in [0.3, 0.4) is 0 Å². The molecule has 0 aliphatic heterocycles. The number of rotatable bonds is 2. The van der Waals surface area contributed by atoms with Gasteiger partial charge in [0.25, 0.3) is 5.56 Å². The highest BCUT2D eigenvalue weighted by atomic mass is 16.1. The van der Waals surface area contributed by atoms with Crippen LogP contribution in [0.1, 0.15) is 37.9 Å². The van der Waals surface area contributed by atoms with Gasteiger partial charge in [-0.1, -0.05) is 32.1 Å². The maximum absolute atomic E-state index is 11.8. The van der Waals surface area contributed by atoms with Gasteiger partial charge < -0.3 is 9.97 Å². The first-order valence-electron chi connectivity index (χ1n) is 6.39. The first-order chi connectivity index (χ1) is 8.33. The van der Waals surface area contributed by atoms with E-state index in [0.717, 1.165) is 17.8 Å². The van der Waals surface area contributed by atoms with Crippen molar-refractivity contribution in [2.45, 2.75) is 38.5 Å². The van der Waals surface area contributed by atoms with E-state index in [9.17, 15) is 4.79 Å². The molecule has 2 aromatic rings. The van der Waals surface area contributed by atoms with Gasteiger partial charge in [0, 0.05) is 12.6 Å². The van der Waals surface area contributed by atoms with Crippen molar-refractivity contribution in [3.05, 3.63) is 28.4 Å². The first-order valence-corrected chi connectivity index (χ1v) is 6.39. The molecule has 0 aromatic carbocycles. The molecule has 0 radical (unpaired) electrons. The van der Waals surface area contributed by atoms with Crippen molar-refractivity contribution >= 4 is 11.0 Å². The van der Waals surface area contributed by atoms with E-state index in [4.69, 9.17) is 0 Å². The summed E-state index contributed by atoms with van der Waals surface area (Å²) in [6.45, 7) is 0. The molecule has 90 valence electrons. The topological polar surface area (TPSA) is 61.5 Å². The second-order valence-corrected chi connectivity index (χ2v) is 4.96. The van der Waals surface area contributed by atoms with Gasteiger partial charge in [0.05, 0.1) is 5.52 Å². The molecule has 0 spiro atoms. The van der Waals surface area contributed by atoms with Gasteiger partial charge in [-0.15, -0.1) is 0 Å². The summed E-state index contributed by atoms with van der Waals surface area (Å²) in [7, 11) is 0. The second kappa shape index (κ2) is 4.35. The number of hydrogen-bond acceptors (Lipinski definition) is 2. The Kier molecular flexibility index (Phi) is 2.71. The minimum absolute atomic E-state index is 0.0502. The molecule has 1 aliphatic rings. The zero-order chi connectivity index (χ0) is 11.7. The van der Waals surface area contributed by atoms with Crippen LogP contribution in [0.5, 0.6) is 0 Å². The molecule has 2 N–H and O–H groups in total. The molecule has 2 heterocycles. The molecule has 1 aliphatic carbocycles. The van der Waals surface area contributed by atoms with E-state index >= 15 is 0 Å². The molecule has 0 saturated heterocycles. The molecule has 0 amide bonds. The fourth-order valence-electron chi connectivity index (χ4n) is 2.76. The highest BCUT2D eigenvalue weighted by molar-refractivity contribution is 5.73. The van der Waals surface area contributed by atoms with E-state index in [2.05, 4.69) is 15.0 Å². The normalized spacial score (nSPS) is 17.6. The summed E-state index contributed by atoms with van der Waals surface area (Å²) >= 11 is 0. The Balaban J connectivity index is 1.87. The third-order valence-electron chi connectivity index (χ3n) is 3.67. The quantitative estimate of drug-likeness (QED) is 0.833. The molecular weight excluding hydrogens is 214 g/mol. The lowest BCUT2D eigenvalue weighted by Crippen LogP contribution is -2.16. The maximum atomic E-state index is 11.8. The van der Waals surface area contributed by atoms with Gasteiger partial charge in [0.2, 0.25) is 0 Å². The zero-order valence-corrected chi connectivity index (χ0v) is 9.83. The van der Waals surface area contributed by atoms with E-state index in [1.807, 2.05) is 6.07 Å². The largest absolute Gasteiger partial charge is 0.355 e. The summed E-state index contributed by atoms with van der Waals surface area (Å²) in [4.78, 5) is 22.1. The standard InChI is InChI=1S/C13H17N3O/c17-13-12-10(6-7-14-12)15-11(16-13)8-9-4-2-1-3-5-9/h6-7,9,14H,1-5,8H2,(H,15,16,17). The van der Waals surface area contributed by atoms with Gasteiger partial charge >= 0.3 is 0 Å². The van der Waals surface area contributed by atoms with Crippen LogP contribution in [0, 0.1) is 5.92 Å². The van der Waals surface area contributed by atoms with Crippen LogP contribution < -0.4 is 5.56 Å². The Morgan fingerprint density at radius 2 is 2.12 bits per heavy atom. The molecule has 4 heteroatoms. The molecule has 0 unspecified atom stereocenters. The summed E-state index contributed by atoms with van der Waals surface area (Å²) in [6.07, 6.45) is 9.22. The fourth-order valence-corrected chi connectivity index (χ4v) is 2.76. The summed E-state index contributed by atoms with van der Waals surface area (Å²) in [5, 5.41) is 0. The number of fused-ring (bicyclic) bond motifs is 1. The van der Waals surface area contributed by atoms with E-state index in [0.29, 0.717) is 11.4 Å². The number of nitrogens with one attached hydrogen (secondary N) is 2. The van der Waals surface area contributed by atoms with Crippen LogP contribution in [0.4, 0.5) is 0 Å². The lowest BCUT2D eigenvalue weighted by molar-refractivity contribution is 0.351. The fraction of sp³-hybridized carbons (Fsp3) is 0.538. The van der Waals surface area contributed by atoms with Crippen LogP contribution in [-0.4, -0.2) is 15.0 Å². The molecule has 3 rings (SSSR count). The SMILES string of the molecule is O=c1[nH]c(CC2CCCCC2)nc2cc[nH]c12. The molecule has 0 atom stereocenters. The predicted octanol–water partition coefficient (Wildman–Crippen LogP) is 2.37. The van der Waals surface area contributed by atoms with Crippen LogP contribution in [-0.2, 0) is 6.42 Å². The van der Waals surface area contributed by atoms with Crippen molar-refractivity contribution < 1.29 is 0 Å². The van der Waals surface area contributed by atoms with Crippen molar-refractivity contribution in [3.63, 3.8) is 0 Å². The summed E-state index contributed by atoms with van der Waals surface area (Å²) in [5.74, 6) is 1.54. The minimum atomic E-state index is -0.0502. The lowest BCUT2D eigenvalue weighted by atomic mass is 9.87. The van der Waals surface area contributed by atoms with E-state index in [1.54, 1.807) is 6.20 Å². The van der Waals surface area contributed by atoms with Gasteiger partial charge in [0.1, 0.15) is 11.3 Å². The van der Waals surface area contributed by atoms with E-state index in [1.165, 1.54) is 32.1 Å². The molecule has 4 nitrogen and oxygen atoms in total. The highest BCUT2D eigenvalue weighted by Gasteiger charge is 2.15. The molecule has 2 aromatic heterocycles. The average Bonchev–Trinajstić information content (AvgIpc) is 2.79. The lowest BCUT2D eigenvalue weighted by Gasteiger charge is -2.20. The van der Waals surface area contributed by atoms with Crippen LogP contribution in [0.25, 0.3) is 11.0 Å². The molecule has 0 bridgehead atoms. The minimum Gasteiger partial charge on any atom is -0.355 e. The van der Waals surface area contributed by atoms with Gasteiger partial charge in [-0.05, 0) is 12.0 Å². The van der Waals surface area contributed by atoms with Crippen LogP contribution in [0.15, 0.2) is 17.1 Å². The molecule has 1 fully saturated rings. The number of hydrogen-bond donors (Lipinski definition) is 2. The summed E-state index contributed by atoms with van der Waals surface area (Å²) in [5.41, 5.74) is 1.31.